The van der Waals surface area contributed by atoms with Crippen LogP contribution in [0.25, 0.3) is 5.57 Å². The molecule has 0 saturated heterocycles. The zero-order chi connectivity index (χ0) is 11.4. The van der Waals surface area contributed by atoms with Gasteiger partial charge in [0.15, 0.2) is 0 Å². The van der Waals surface area contributed by atoms with Crippen LogP contribution in [0.15, 0.2) is 42.5 Å². The third kappa shape index (κ3) is 2.44. The van der Waals surface area contributed by atoms with Crippen LogP contribution < -0.4 is 0 Å². The van der Waals surface area contributed by atoms with Gasteiger partial charge in [-0.15, -0.1) is 0 Å². The van der Waals surface area contributed by atoms with E-state index in [2.05, 4.69) is 56.3 Å². The van der Waals surface area contributed by atoms with Crippen molar-refractivity contribution in [2.24, 2.45) is 0 Å². The molecule has 0 bridgehead atoms. The summed E-state index contributed by atoms with van der Waals surface area (Å²) in [7, 11) is 0. The molecule has 2 rings (SSSR count). The summed E-state index contributed by atoms with van der Waals surface area (Å²) in [5.74, 6) is 0.675. The van der Waals surface area contributed by atoms with E-state index in [1.165, 1.54) is 36.0 Å². The fourth-order valence-electron chi connectivity index (χ4n) is 2.10. The second-order valence-electron chi connectivity index (χ2n) is 4.59. The third-order valence-corrected chi connectivity index (χ3v) is 3.48. The summed E-state index contributed by atoms with van der Waals surface area (Å²) >= 11 is 0. The molecule has 1 aromatic carbocycles. The minimum atomic E-state index is 0.675. The van der Waals surface area contributed by atoms with Gasteiger partial charge in [0.1, 0.15) is 0 Å². The van der Waals surface area contributed by atoms with Crippen LogP contribution in [0.1, 0.15) is 50.2 Å². The molecule has 1 aliphatic rings. The lowest BCUT2D eigenvalue weighted by molar-refractivity contribution is 0.733. The molecule has 0 heteroatoms. The number of allylic oxidation sites excluding steroid dienone is 4. The maximum atomic E-state index is 2.29. The largest absolute Gasteiger partial charge is 0.0842 e. The van der Waals surface area contributed by atoms with Crippen molar-refractivity contribution in [3.8, 4) is 0 Å². The van der Waals surface area contributed by atoms with Crippen LogP contribution in [-0.2, 0) is 0 Å². The van der Waals surface area contributed by atoms with E-state index < -0.39 is 0 Å². The molecule has 0 amide bonds. The summed E-state index contributed by atoms with van der Waals surface area (Å²) in [4.78, 5) is 0. The lowest BCUT2D eigenvalue weighted by Gasteiger charge is -2.12. The van der Waals surface area contributed by atoms with Crippen molar-refractivity contribution in [2.75, 3.05) is 0 Å². The quantitative estimate of drug-likeness (QED) is 0.666. The minimum Gasteiger partial charge on any atom is -0.0842 e. The Labute approximate surface area is 98.7 Å². The van der Waals surface area contributed by atoms with Gasteiger partial charge in [-0.1, -0.05) is 56.3 Å². The first-order chi connectivity index (χ1) is 7.81. The third-order valence-electron chi connectivity index (χ3n) is 3.48. The van der Waals surface area contributed by atoms with E-state index in [1.54, 1.807) is 0 Å². The predicted molar refractivity (Wildman–Crippen MR) is 71.5 cm³/mol. The highest BCUT2D eigenvalue weighted by Gasteiger charge is 2.05. The second-order valence-corrected chi connectivity index (χ2v) is 4.59. The Bertz CT molecular complexity index is 393. The van der Waals surface area contributed by atoms with Gasteiger partial charge in [-0.05, 0) is 41.9 Å². The van der Waals surface area contributed by atoms with Crippen molar-refractivity contribution in [1.29, 1.82) is 0 Å². The van der Waals surface area contributed by atoms with Crippen molar-refractivity contribution in [3.05, 3.63) is 53.6 Å². The molecule has 0 nitrogen and oxygen atoms in total. The number of hydrogen-bond acceptors (Lipinski definition) is 0. The van der Waals surface area contributed by atoms with Crippen LogP contribution >= 0.6 is 0 Å². The van der Waals surface area contributed by atoms with E-state index in [9.17, 15) is 0 Å². The highest BCUT2D eigenvalue weighted by molar-refractivity contribution is 5.68. The zero-order valence-corrected chi connectivity index (χ0v) is 10.2. The molecular formula is C16H20. The summed E-state index contributed by atoms with van der Waals surface area (Å²) < 4.78 is 0. The fraction of sp³-hybridized carbons (Fsp3) is 0.375. The predicted octanol–water partition coefficient (Wildman–Crippen LogP) is 4.93. The van der Waals surface area contributed by atoms with Crippen LogP contribution in [-0.4, -0.2) is 0 Å². The van der Waals surface area contributed by atoms with E-state index in [-0.39, 0.29) is 0 Å². The van der Waals surface area contributed by atoms with E-state index in [4.69, 9.17) is 0 Å². The Morgan fingerprint density at radius 1 is 1.19 bits per heavy atom. The highest BCUT2D eigenvalue weighted by atomic mass is 14.1. The highest BCUT2D eigenvalue weighted by Crippen LogP contribution is 2.26. The first-order valence-electron chi connectivity index (χ1n) is 6.27. The van der Waals surface area contributed by atoms with Gasteiger partial charge in [0.2, 0.25) is 0 Å². The average molecular weight is 212 g/mol. The van der Waals surface area contributed by atoms with Gasteiger partial charge in [-0.3, -0.25) is 0 Å². The Hall–Kier alpha value is -1.30. The monoisotopic (exact) mass is 212 g/mol. The number of rotatable bonds is 3. The van der Waals surface area contributed by atoms with Crippen LogP contribution in [0.2, 0.25) is 0 Å². The molecule has 1 atom stereocenters. The van der Waals surface area contributed by atoms with E-state index >= 15 is 0 Å². The molecule has 0 spiro atoms. The van der Waals surface area contributed by atoms with Gasteiger partial charge in [-0.2, -0.15) is 0 Å². The molecule has 0 N–H and O–H groups in total. The molecule has 1 aromatic rings. The lowest BCUT2D eigenvalue weighted by atomic mass is 9.93. The van der Waals surface area contributed by atoms with Gasteiger partial charge >= 0.3 is 0 Å². The Kier molecular flexibility index (Phi) is 3.61. The molecule has 1 unspecified atom stereocenters. The summed E-state index contributed by atoms with van der Waals surface area (Å²) in [6.07, 6.45) is 10.2. The standard InChI is InChI=1S/C16H20/c1-3-13(2)14-9-11-16(12-10-14)15-7-5-4-6-8-15/h4-5,7,9-13H,3,6,8H2,1-2H3. The maximum absolute atomic E-state index is 2.29. The summed E-state index contributed by atoms with van der Waals surface area (Å²) in [6.45, 7) is 4.53. The van der Waals surface area contributed by atoms with Gasteiger partial charge in [0.05, 0.1) is 0 Å². The minimum absolute atomic E-state index is 0.675. The summed E-state index contributed by atoms with van der Waals surface area (Å²) in [6, 6.07) is 9.10. The summed E-state index contributed by atoms with van der Waals surface area (Å²) in [5, 5.41) is 0. The SMILES string of the molecule is CCC(C)c1ccc(C2=CC=CCC2)cc1. The fourth-order valence-corrected chi connectivity index (χ4v) is 2.10. The van der Waals surface area contributed by atoms with Crippen molar-refractivity contribution in [3.63, 3.8) is 0 Å². The second kappa shape index (κ2) is 5.16. The molecule has 1 aliphatic carbocycles. The molecule has 0 saturated carbocycles. The van der Waals surface area contributed by atoms with Gasteiger partial charge in [-0.25, -0.2) is 0 Å². The molecule has 0 aliphatic heterocycles. The van der Waals surface area contributed by atoms with Crippen LogP contribution in [0.3, 0.4) is 0 Å². The van der Waals surface area contributed by atoms with Gasteiger partial charge < -0.3 is 0 Å². The molecule has 0 heterocycles. The first-order valence-corrected chi connectivity index (χ1v) is 6.27. The zero-order valence-electron chi connectivity index (χ0n) is 10.2. The van der Waals surface area contributed by atoms with E-state index in [0.29, 0.717) is 5.92 Å². The molecule has 16 heavy (non-hydrogen) atoms. The van der Waals surface area contributed by atoms with Gasteiger partial charge in [0.25, 0.3) is 0 Å². The van der Waals surface area contributed by atoms with Crippen LogP contribution in [0, 0.1) is 0 Å². The molecule has 0 aromatic heterocycles. The normalized spacial score (nSPS) is 17.0. The van der Waals surface area contributed by atoms with E-state index in [0.717, 1.165) is 0 Å². The Morgan fingerprint density at radius 2 is 1.94 bits per heavy atom. The van der Waals surface area contributed by atoms with Gasteiger partial charge in [0, 0.05) is 0 Å². The van der Waals surface area contributed by atoms with Crippen LogP contribution in [0.5, 0.6) is 0 Å². The van der Waals surface area contributed by atoms with Crippen LogP contribution in [0.4, 0.5) is 0 Å². The summed E-state index contributed by atoms with van der Waals surface area (Å²) in [5.41, 5.74) is 4.31. The maximum Gasteiger partial charge on any atom is -0.0193 e. The Balaban J connectivity index is 2.19. The van der Waals surface area contributed by atoms with Crippen molar-refractivity contribution < 1.29 is 0 Å². The molecule has 0 fully saturated rings. The van der Waals surface area contributed by atoms with Crippen molar-refractivity contribution in [2.45, 2.75) is 39.0 Å². The number of hydrogen-bond donors (Lipinski definition) is 0. The first kappa shape index (κ1) is 11.2. The average Bonchev–Trinajstić information content (AvgIpc) is 2.39. The topological polar surface area (TPSA) is 0 Å². The van der Waals surface area contributed by atoms with Crippen molar-refractivity contribution in [1.82, 2.24) is 0 Å². The molecule has 84 valence electrons. The lowest BCUT2D eigenvalue weighted by Crippen LogP contribution is -1.93. The van der Waals surface area contributed by atoms with Crippen molar-refractivity contribution >= 4 is 5.57 Å². The molecule has 0 radical (unpaired) electrons. The van der Waals surface area contributed by atoms with E-state index in [1.807, 2.05) is 0 Å². The number of benzene rings is 1. The Morgan fingerprint density at radius 3 is 2.50 bits per heavy atom. The molecular weight excluding hydrogens is 192 g/mol. The smallest absolute Gasteiger partial charge is 0.0193 e.